The fourth-order valence-corrected chi connectivity index (χ4v) is 3.70. The molecule has 2 fully saturated rings. The van der Waals surface area contributed by atoms with E-state index >= 15 is 0 Å². The van der Waals surface area contributed by atoms with E-state index in [0.717, 1.165) is 12.8 Å². The molecule has 5 heteroatoms. The molecule has 1 amide bonds. The zero-order chi connectivity index (χ0) is 12.1. The zero-order valence-electron chi connectivity index (χ0n) is 9.91. The molecule has 0 unspecified atom stereocenters. The molecule has 2 N–H and O–H groups in total. The van der Waals surface area contributed by atoms with Gasteiger partial charge >= 0.3 is 6.09 Å². The van der Waals surface area contributed by atoms with Crippen molar-refractivity contribution in [1.29, 1.82) is 0 Å². The Kier molecular flexibility index (Phi) is 2.42. The van der Waals surface area contributed by atoms with E-state index in [9.17, 15) is 9.90 Å². The van der Waals surface area contributed by atoms with Gasteiger partial charge in [-0.25, -0.2) is 4.79 Å². The number of hydrogen-bond acceptors (Lipinski definition) is 2. The standard InChI is InChI=1S/C11H18N2O2S/c1-10(2,3)11-5-4-7(6-12-8(11)16)13(11)9(14)15/h7H,4-6H2,1-3H3,(H,12,16)(H,14,15)/t7-,11-/m0/s1. The van der Waals surface area contributed by atoms with Crippen LogP contribution in [0.1, 0.15) is 33.6 Å². The van der Waals surface area contributed by atoms with Gasteiger partial charge in [0.25, 0.3) is 0 Å². The summed E-state index contributed by atoms with van der Waals surface area (Å²) in [5.41, 5.74) is -0.693. The second-order valence-corrected chi connectivity index (χ2v) is 6.07. The second kappa shape index (κ2) is 3.32. The van der Waals surface area contributed by atoms with Crippen molar-refractivity contribution in [2.75, 3.05) is 6.54 Å². The Labute approximate surface area is 101 Å². The van der Waals surface area contributed by atoms with Crippen LogP contribution in [0.2, 0.25) is 0 Å². The molecule has 0 aromatic rings. The molecule has 0 aromatic carbocycles. The Morgan fingerprint density at radius 1 is 1.62 bits per heavy atom. The molecule has 0 spiro atoms. The molecule has 4 nitrogen and oxygen atoms in total. The van der Waals surface area contributed by atoms with Crippen LogP contribution in [0, 0.1) is 5.41 Å². The topological polar surface area (TPSA) is 52.6 Å². The minimum atomic E-state index is -0.846. The molecule has 0 radical (unpaired) electrons. The van der Waals surface area contributed by atoms with E-state index in [1.807, 2.05) is 0 Å². The van der Waals surface area contributed by atoms with Crippen LogP contribution in [0.25, 0.3) is 0 Å². The molecule has 0 saturated carbocycles. The van der Waals surface area contributed by atoms with Crippen LogP contribution in [0.15, 0.2) is 0 Å². The van der Waals surface area contributed by atoms with Gasteiger partial charge in [0, 0.05) is 6.54 Å². The highest BCUT2D eigenvalue weighted by atomic mass is 32.1. The van der Waals surface area contributed by atoms with E-state index in [2.05, 4.69) is 26.1 Å². The highest BCUT2D eigenvalue weighted by molar-refractivity contribution is 7.80. The Hall–Kier alpha value is -0.840. The van der Waals surface area contributed by atoms with Crippen LogP contribution in [0.5, 0.6) is 0 Å². The highest BCUT2D eigenvalue weighted by Crippen LogP contribution is 2.48. The Bertz CT molecular complexity index is 350. The van der Waals surface area contributed by atoms with Crippen LogP contribution < -0.4 is 5.32 Å². The smallest absolute Gasteiger partial charge is 0.408 e. The molecule has 2 atom stereocenters. The molecule has 90 valence electrons. The van der Waals surface area contributed by atoms with Crippen molar-refractivity contribution in [3.8, 4) is 0 Å². The van der Waals surface area contributed by atoms with Gasteiger partial charge in [0.15, 0.2) is 0 Å². The van der Waals surface area contributed by atoms with E-state index in [-0.39, 0.29) is 11.5 Å². The number of hydrogen-bond donors (Lipinski definition) is 2. The van der Waals surface area contributed by atoms with Crippen molar-refractivity contribution in [2.45, 2.75) is 45.2 Å². The summed E-state index contributed by atoms with van der Waals surface area (Å²) in [5.74, 6) is 0. The fourth-order valence-electron chi connectivity index (χ4n) is 3.11. The van der Waals surface area contributed by atoms with Crippen molar-refractivity contribution in [3.63, 3.8) is 0 Å². The number of piperazine rings is 1. The Morgan fingerprint density at radius 2 is 2.25 bits per heavy atom. The average molecular weight is 242 g/mol. The quantitative estimate of drug-likeness (QED) is 0.636. The lowest BCUT2D eigenvalue weighted by atomic mass is 9.71. The number of carbonyl (C=O) groups is 1. The van der Waals surface area contributed by atoms with Gasteiger partial charge in [0.2, 0.25) is 0 Å². The molecule has 2 rings (SSSR count). The summed E-state index contributed by atoms with van der Waals surface area (Å²) in [7, 11) is 0. The molecule has 2 aliphatic rings. The first-order valence-electron chi connectivity index (χ1n) is 5.61. The van der Waals surface area contributed by atoms with Gasteiger partial charge in [0.1, 0.15) is 10.5 Å². The summed E-state index contributed by atoms with van der Waals surface area (Å²) in [5, 5.41) is 12.6. The predicted molar refractivity (Wildman–Crippen MR) is 65.7 cm³/mol. The van der Waals surface area contributed by atoms with Crippen LogP contribution in [0.4, 0.5) is 4.79 Å². The summed E-state index contributed by atoms with van der Waals surface area (Å²) in [6.45, 7) is 6.84. The number of carboxylic acid groups (broad SMARTS) is 1. The monoisotopic (exact) mass is 242 g/mol. The first kappa shape index (κ1) is 11.6. The fraction of sp³-hybridized carbons (Fsp3) is 0.818. The molecule has 2 heterocycles. The SMILES string of the molecule is CC(C)(C)[C@]12CC[C@@H](CNC1=S)N2C(=O)O. The largest absolute Gasteiger partial charge is 0.465 e. The van der Waals surface area contributed by atoms with E-state index in [0.29, 0.717) is 11.5 Å². The average Bonchev–Trinajstić information content (AvgIpc) is 2.45. The first-order chi connectivity index (χ1) is 7.30. The number of nitrogens with one attached hydrogen (secondary N) is 1. The number of rotatable bonds is 0. The molecule has 16 heavy (non-hydrogen) atoms. The second-order valence-electron chi connectivity index (χ2n) is 5.67. The van der Waals surface area contributed by atoms with Crippen LogP contribution in [0.3, 0.4) is 0 Å². The third-order valence-electron chi connectivity index (χ3n) is 3.94. The maximum atomic E-state index is 11.5. The van der Waals surface area contributed by atoms with E-state index in [4.69, 9.17) is 12.2 Å². The maximum Gasteiger partial charge on any atom is 0.408 e. The number of amides is 1. The molecule has 2 aliphatic heterocycles. The zero-order valence-corrected chi connectivity index (χ0v) is 10.7. The lowest BCUT2D eigenvalue weighted by Crippen LogP contribution is -2.69. The van der Waals surface area contributed by atoms with E-state index in [1.165, 1.54) is 0 Å². The molecule has 0 aliphatic carbocycles. The van der Waals surface area contributed by atoms with Gasteiger partial charge in [0.05, 0.1) is 6.04 Å². The van der Waals surface area contributed by atoms with E-state index < -0.39 is 11.6 Å². The number of fused-ring (bicyclic) bond motifs is 2. The van der Waals surface area contributed by atoms with Gasteiger partial charge in [-0.2, -0.15) is 0 Å². The van der Waals surface area contributed by atoms with Gasteiger partial charge in [-0.05, 0) is 18.3 Å². The van der Waals surface area contributed by atoms with Gasteiger partial charge in [-0.15, -0.1) is 0 Å². The van der Waals surface area contributed by atoms with Crippen molar-refractivity contribution in [3.05, 3.63) is 0 Å². The molecule has 2 saturated heterocycles. The molecular weight excluding hydrogens is 224 g/mol. The number of nitrogens with zero attached hydrogens (tertiary/aromatic N) is 1. The van der Waals surface area contributed by atoms with Gasteiger partial charge in [-0.1, -0.05) is 33.0 Å². The number of thiocarbonyl (C=S) groups is 1. The molecular formula is C11H18N2O2S. The maximum absolute atomic E-state index is 11.5. The lowest BCUT2D eigenvalue weighted by Gasteiger charge is -2.51. The summed E-state index contributed by atoms with van der Waals surface area (Å²) in [6.07, 6.45) is 0.886. The van der Waals surface area contributed by atoms with Crippen LogP contribution >= 0.6 is 12.2 Å². The van der Waals surface area contributed by atoms with Crippen molar-refractivity contribution in [2.24, 2.45) is 5.41 Å². The summed E-state index contributed by atoms with van der Waals surface area (Å²) in [4.78, 5) is 13.7. The van der Waals surface area contributed by atoms with Crippen molar-refractivity contribution in [1.82, 2.24) is 10.2 Å². The van der Waals surface area contributed by atoms with Crippen LogP contribution in [-0.4, -0.2) is 39.2 Å². The molecule has 2 bridgehead atoms. The highest BCUT2D eigenvalue weighted by Gasteiger charge is 2.60. The minimum Gasteiger partial charge on any atom is -0.465 e. The van der Waals surface area contributed by atoms with Crippen LogP contribution in [-0.2, 0) is 0 Å². The third-order valence-corrected chi connectivity index (χ3v) is 4.42. The summed E-state index contributed by atoms with van der Waals surface area (Å²) >= 11 is 5.39. The minimum absolute atomic E-state index is 0.0726. The first-order valence-corrected chi connectivity index (χ1v) is 6.02. The van der Waals surface area contributed by atoms with Gasteiger partial charge < -0.3 is 10.4 Å². The molecule has 0 aromatic heterocycles. The van der Waals surface area contributed by atoms with Gasteiger partial charge in [-0.3, -0.25) is 4.90 Å². The normalized spacial score (nSPS) is 33.8. The van der Waals surface area contributed by atoms with Crippen molar-refractivity contribution >= 4 is 23.3 Å². The van der Waals surface area contributed by atoms with Crippen molar-refractivity contribution < 1.29 is 9.90 Å². The summed E-state index contributed by atoms with van der Waals surface area (Å²) < 4.78 is 0. The van der Waals surface area contributed by atoms with E-state index in [1.54, 1.807) is 4.90 Å². The lowest BCUT2D eigenvalue weighted by molar-refractivity contribution is 0.0485. The summed E-state index contributed by atoms with van der Waals surface area (Å²) in [6, 6.07) is 0.0726. The predicted octanol–water partition coefficient (Wildman–Crippen LogP) is 1.84. The Balaban J connectivity index is 2.52. The Morgan fingerprint density at radius 3 is 2.69 bits per heavy atom. The third kappa shape index (κ3) is 1.27.